The molecule has 1 heterocycles. The van der Waals surface area contributed by atoms with Crippen LogP contribution in [0.4, 0.5) is 41.5 Å². The molecular formula is C30H30F7N5O. The standard InChI is InChI=1S/C30H30F7N5O/c1-19(41(3)27-39-25-6-4-5-7-26(25)42(27)18-20-8-10-24(31)11-9-20)12-13-40(2)28(43)38-17-21-14-22(29(32,33)34)16-23(15-21)30(35,36)37/h4-11,14-16,19H,12-13,17-18H2,1-3H3,(H,38,43). The van der Waals surface area contributed by atoms with E-state index in [0.717, 1.165) is 16.6 Å². The molecule has 0 saturated carbocycles. The summed E-state index contributed by atoms with van der Waals surface area (Å²) < 4.78 is 94.4. The first-order valence-electron chi connectivity index (χ1n) is 13.3. The fourth-order valence-corrected chi connectivity index (χ4v) is 4.57. The number of carbonyl (C=O) groups is 1. The molecule has 13 heteroatoms. The highest BCUT2D eigenvalue weighted by molar-refractivity contribution is 5.79. The van der Waals surface area contributed by atoms with E-state index in [-0.39, 0.29) is 30.0 Å². The summed E-state index contributed by atoms with van der Waals surface area (Å²) in [4.78, 5) is 20.7. The predicted octanol–water partition coefficient (Wildman–Crippen LogP) is 7.32. The predicted molar refractivity (Wildman–Crippen MR) is 149 cm³/mol. The van der Waals surface area contributed by atoms with E-state index in [4.69, 9.17) is 4.98 Å². The number of imidazole rings is 1. The van der Waals surface area contributed by atoms with Crippen LogP contribution in [-0.2, 0) is 25.4 Å². The lowest BCUT2D eigenvalue weighted by atomic mass is 10.0. The number of carbonyl (C=O) groups excluding carboxylic acids is 1. The summed E-state index contributed by atoms with van der Waals surface area (Å²) in [5, 5.41) is 2.39. The van der Waals surface area contributed by atoms with Crippen molar-refractivity contribution in [2.24, 2.45) is 0 Å². The highest BCUT2D eigenvalue weighted by Crippen LogP contribution is 2.36. The molecule has 1 unspecified atom stereocenters. The van der Waals surface area contributed by atoms with Gasteiger partial charge in [0.1, 0.15) is 5.82 Å². The molecule has 2 amide bonds. The van der Waals surface area contributed by atoms with Gasteiger partial charge in [-0.25, -0.2) is 14.2 Å². The molecule has 3 aromatic carbocycles. The Kier molecular flexibility index (Phi) is 9.21. The Balaban J connectivity index is 1.41. The molecule has 0 fully saturated rings. The summed E-state index contributed by atoms with van der Waals surface area (Å²) in [5.74, 6) is 0.328. The number of fused-ring (bicyclic) bond motifs is 1. The zero-order chi connectivity index (χ0) is 31.5. The Morgan fingerprint density at radius 3 is 2.12 bits per heavy atom. The maximum absolute atomic E-state index is 13.4. The van der Waals surface area contributed by atoms with Crippen LogP contribution in [0.2, 0.25) is 0 Å². The van der Waals surface area contributed by atoms with Gasteiger partial charge in [0.25, 0.3) is 0 Å². The summed E-state index contributed by atoms with van der Waals surface area (Å²) in [5.41, 5.74) is -0.660. The summed E-state index contributed by atoms with van der Waals surface area (Å²) in [6, 6.07) is 14.2. The van der Waals surface area contributed by atoms with Crippen LogP contribution in [0.3, 0.4) is 0 Å². The lowest BCUT2D eigenvalue weighted by molar-refractivity contribution is -0.143. The molecule has 43 heavy (non-hydrogen) atoms. The van der Waals surface area contributed by atoms with E-state index >= 15 is 0 Å². The van der Waals surface area contributed by atoms with Crippen LogP contribution in [0.15, 0.2) is 66.7 Å². The molecule has 6 nitrogen and oxygen atoms in total. The molecule has 4 aromatic rings. The van der Waals surface area contributed by atoms with Gasteiger partial charge in [0.2, 0.25) is 5.95 Å². The van der Waals surface area contributed by atoms with Crippen molar-refractivity contribution in [3.63, 3.8) is 0 Å². The number of anilines is 1. The van der Waals surface area contributed by atoms with Gasteiger partial charge in [-0.05, 0) is 66.9 Å². The SMILES string of the molecule is CC(CCN(C)C(=O)NCc1cc(C(F)(F)F)cc(C(F)(F)F)c1)N(C)c1nc2ccccc2n1Cc1ccc(F)cc1. The van der Waals surface area contributed by atoms with E-state index < -0.39 is 36.1 Å². The number of hydrogen-bond donors (Lipinski definition) is 1. The lowest BCUT2D eigenvalue weighted by Gasteiger charge is -2.28. The minimum atomic E-state index is -4.97. The molecule has 0 radical (unpaired) electrons. The monoisotopic (exact) mass is 609 g/mol. The first-order chi connectivity index (χ1) is 20.1. The summed E-state index contributed by atoms with van der Waals surface area (Å²) in [7, 11) is 3.35. The second kappa shape index (κ2) is 12.5. The molecule has 1 N–H and O–H groups in total. The summed E-state index contributed by atoms with van der Waals surface area (Å²) in [6.07, 6.45) is -9.47. The van der Waals surface area contributed by atoms with Crippen LogP contribution in [0.1, 0.15) is 35.6 Å². The second-order valence-corrected chi connectivity index (χ2v) is 10.4. The molecule has 0 aliphatic heterocycles. The Labute approximate surface area is 243 Å². The largest absolute Gasteiger partial charge is 0.416 e. The molecular weight excluding hydrogens is 579 g/mol. The van der Waals surface area contributed by atoms with Gasteiger partial charge in [-0.1, -0.05) is 24.3 Å². The fourth-order valence-electron chi connectivity index (χ4n) is 4.57. The maximum Gasteiger partial charge on any atom is 0.416 e. The van der Waals surface area contributed by atoms with E-state index in [9.17, 15) is 35.5 Å². The smallest absolute Gasteiger partial charge is 0.343 e. The topological polar surface area (TPSA) is 53.4 Å². The van der Waals surface area contributed by atoms with Gasteiger partial charge in [-0.15, -0.1) is 0 Å². The van der Waals surface area contributed by atoms with E-state index in [2.05, 4.69) is 5.32 Å². The average molecular weight is 610 g/mol. The molecule has 0 spiro atoms. The maximum atomic E-state index is 13.4. The van der Waals surface area contributed by atoms with E-state index in [1.807, 2.05) is 47.7 Å². The minimum Gasteiger partial charge on any atom is -0.343 e. The van der Waals surface area contributed by atoms with Gasteiger partial charge in [0.15, 0.2) is 0 Å². The van der Waals surface area contributed by atoms with Crippen molar-refractivity contribution < 1.29 is 35.5 Å². The Bertz CT molecular complexity index is 1530. The fraction of sp³-hybridized carbons (Fsp3) is 0.333. The minimum absolute atomic E-state index is 0.0449. The van der Waals surface area contributed by atoms with Gasteiger partial charge < -0.3 is 19.7 Å². The molecule has 230 valence electrons. The normalized spacial score (nSPS) is 12.8. The second-order valence-electron chi connectivity index (χ2n) is 10.4. The number of nitrogens with zero attached hydrogens (tertiary/aromatic N) is 4. The Morgan fingerprint density at radius 2 is 1.51 bits per heavy atom. The molecule has 1 atom stereocenters. The Hall–Kier alpha value is -4.29. The van der Waals surface area contributed by atoms with E-state index in [0.29, 0.717) is 31.0 Å². The van der Waals surface area contributed by atoms with Gasteiger partial charge in [-0.3, -0.25) is 0 Å². The van der Waals surface area contributed by atoms with Crippen molar-refractivity contribution in [2.75, 3.05) is 25.5 Å². The van der Waals surface area contributed by atoms with Crippen LogP contribution in [0.5, 0.6) is 0 Å². The molecule has 4 rings (SSSR count). The molecule has 0 saturated heterocycles. The van der Waals surface area contributed by atoms with Crippen LogP contribution in [-0.4, -0.2) is 47.2 Å². The number of urea groups is 1. The Morgan fingerprint density at radius 1 is 0.907 bits per heavy atom. The number of benzene rings is 3. The number of aromatic nitrogens is 2. The van der Waals surface area contributed by atoms with Gasteiger partial charge >= 0.3 is 18.4 Å². The molecule has 1 aromatic heterocycles. The zero-order valence-corrected chi connectivity index (χ0v) is 23.6. The van der Waals surface area contributed by atoms with Crippen LogP contribution in [0, 0.1) is 5.82 Å². The highest BCUT2D eigenvalue weighted by Gasteiger charge is 2.37. The first-order valence-corrected chi connectivity index (χ1v) is 13.3. The summed E-state index contributed by atoms with van der Waals surface area (Å²) >= 11 is 0. The van der Waals surface area contributed by atoms with Gasteiger partial charge in [0.05, 0.1) is 28.7 Å². The van der Waals surface area contributed by atoms with Crippen LogP contribution < -0.4 is 10.2 Å². The number of alkyl halides is 6. The van der Waals surface area contributed by atoms with Crippen molar-refractivity contribution in [2.45, 2.75) is 44.8 Å². The van der Waals surface area contributed by atoms with Crippen molar-refractivity contribution in [1.82, 2.24) is 19.8 Å². The molecule has 0 bridgehead atoms. The third-order valence-electron chi connectivity index (χ3n) is 7.19. The number of nitrogens with one attached hydrogen (secondary N) is 1. The first kappa shape index (κ1) is 31.6. The lowest BCUT2D eigenvalue weighted by Crippen LogP contribution is -2.40. The van der Waals surface area contributed by atoms with Crippen LogP contribution >= 0.6 is 0 Å². The number of amides is 2. The third-order valence-corrected chi connectivity index (χ3v) is 7.19. The average Bonchev–Trinajstić information content (AvgIpc) is 3.32. The van der Waals surface area contributed by atoms with Crippen molar-refractivity contribution in [3.05, 3.63) is 94.8 Å². The van der Waals surface area contributed by atoms with Crippen LogP contribution in [0.25, 0.3) is 11.0 Å². The molecule has 0 aliphatic carbocycles. The van der Waals surface area contributed by atoms with Crippen molar-refractivity contribution >= 4 is 23.0 Å². The van der Waals surface area contributed by atoms with E-state index in [1.54, 1.807) is 12.1 Å². The third kappa shape index (κ3) is 7.76. The quantitative estimate of drug-likeness (QED) is 0.203. The van der Waals surface area contributed by atoms with E-state index in [1.165, 1.54) is 24.1 Å². The number of para-hydroxylation sites is 2. The van der Waals surface area contributed by atoms with Crippen molar-refractivity contribution in [3.8, 4) is 0 Å². The van der Waals surface area contributed by atoms with Gasteiger partial charge in [-0.2, -0.15) is 26.3 Å². The molecule has 0 aliphatic rings. The highest BCUT2D eigenvalue weighted by atomic mass is 19.4. The number of rotatable bonds is 9. The van der Waals surface area contributed by atoms with Gasteiger partial charge in [0, 0.05) is 33.2 Å². The number of halogens is 7. The zero-order valence-electron chi connectivity index (χ0n) is 23.6. The van der Waals surface area contributed by atoms with Crippen molar-refractivity contribution in [1.29, 1.82) is 0 Å². The number of hydrogen-bond acceptors (Lipinski definition) is 3. The summed E-state index contributed by atoms with van der Waals surface area (Å²) in [6.45, 7) is 2.11.